The Kier molecular flexibility index (Phi) is 2.16. The van der Waals surface area contributed by atoms with Gasteiger partial charge in [-0.15, -0.1) is 0 Å². The maximum absolute atomic E-state index is 3.54. The maximum Gasteiger partial charge on any atom is 0.000587 e. The van der Waals surface area contributed by atoms with Gasteiger partial charge in [-0.2, -0.15) is 0 Å². The van der Waals surface area contributed by atoms with E-state index in [4.69, 9.17) is 0 Å². The highest BCUT2D eigenvalue weighted by atomic mass is 14.9. The van der Waals surface area contributed by atoms with Gasteiger partial charge in [0.2, 0.25) is 0 Å². The lowest BCUT2D eigenvalue weighted by Gasteiger charge is -2.30. The molecule has 0 aromatic heterocycles. The Balaban J connectivity index is 2.02. The number of rotatable bonds is 1. The van der Waals surface area contributed by atoms with Gasteiger partial charge in [0.1, 0.15) is 0 Å². The molecule has 2 aliphatic rings. The van der Waals surface area contributed by atoms with Crippen LogP contribution in [0.5, 0.6) is 0 Å². The summed E-state index contributed by atoms with van der Waals surface area (Å²) >= 11 is 0. The Morgan fingerprint density at radius 2 is 1.83 bits per heavy atom. The zero-order valence-corrected chi connectivity index (χ0v) is 8.40. The molecule has 1 saturated heterocycles. The minimum absolute atomic E-state index is 0.564. The van der Waals surface area contributed by atoms with Crippen molar-refractivity contribution >= 4 is 0 Å². The van der Waals surface area contributed by atoms with Crippen LogP contribution in [-0.4, -0.2) is 13.1 Å². The van der Waals surface area contributed by atoms with Crippen LogP contribution < -0.4 is 5.32 Å². The first kappa shape index (κ1) is 8.55. The molecule has 70 valence electrons. The summed E-state index contributed by atoms with van der Waals surface area (Å²) in [7, 11) is 0. The van der Waals surface area contributed by atoms with Gasteiger partial charge in [0, 0.05) is 6.54 Å². The summed E-state index contributed by atoms with van der Waals surface area (Å²) in [5.74, 6) is 2.00. The summed E-state index contributed by atoms with van der Waals surface area (Å²) < 4.78 is 0. The van der Waals surface area contributed by atoms with E-state index in [1.807, 2.05) is 0 Å². The molecule has 1 unspecified atom stereocenters. The molecule has 2 fully saturated rings. The van der Waals surface area contributed by atoms with Crippen LogP contribution in [0.3, 0.4) is 0 Å². The van der Waals surface area contributed by atoms with Crippen LogP contribution in [0.2, 0.25) is 0 Å². The van der Waals surface area contributed by atoms with Gasteiger partial charge >= 0.3 is 0 Å². The third kappa shape index (κ3) is 1.39. The van der Waals surface area contributed by atoms with E-state index in [9.17, 15) is 0 Å². The number of hydrogen-bond acceptors (Lipinski definition) is 1. The Hall–Kier alpha value is -0.0400. The van der Waals surface area contributed by atoms with Crippen molar-refractivity contribution in [3.8, 4) is 0 Å². The van der Waals surface area contributed by atoms with Crippen LogP contribution in [0.25, 0.3) is 0 Å². The maximum atomic E-state index is 3.54. The average molecular weight is 167 g/mol. The van der Waals surface area contributed by atoms with E-state index >= 15 is 0 Å². The van der Waals surface area contributed by atoms with Crippen molar-refractivity contribution in [1.29, 1.82) is 0 Å². The summed E-state index contributed by atoms with van der Waals surface area (Å²) in [5.41, 5.74) is 0.564. The predicted octanol–water partition coefficient (Wildman–Crippen LogP) is 2.42. The van der Waals surface area contributed by atoms with Crippen molar-refractivity contribution in [2.24, 2.45) is 17.3 Å². The van der Waals surface area contributed by atoms with Crippen LogP contribution in [-0.2, 0) is 0 Å². The van der Waals surface area contributed by atoms with E-state index in [0.717, 1.165) is 11.8 Å². The van der Waals surface area contributed by atoms with Gasteiger partial charge in [-0.05, 0) is 23.8 Å². The summed E-state index contributed by atoms with van der Waals surface area (Å²) in [6, 6.07) is 0. The second-order valence-corrected chi connectivity index (χ2v) is 5.27. The monoisotopic (exact) mass is 167 g/mol. The van der Waals surface area contributed by atoms with Crippen molar-refractivity contribution < 1.29 is 0 Å². The molecule has 0 amide bonds. The Bertz CT molecular complexity index is 156. The van der Waals surface area contributed by atoms with Crippen molar-refractivity contribution in [3.05, 3.63) is 0 Å². The molecule has 0 bridgehead atoms. The molecular formula is C11H21N. The van der Waals surface area contributed by atoms with Crippen molar-refractivity contribution in [2.45, 2.75) is 39.5 Å². The van der Waals surface area contributed by atoms with E-state index in [2.05, 4.69) is 19.2 Å². The third-order valence-electron chi connectivity index (χ3n) is 3.92. The van der Waals surface area contributed by atoms with E-state index < -0.39 is 0 Å². The quantitative estimate of drug-likeness (QED) is 0.632. The smallest absolute Gasteiger partial charge is 0.000587 e. The van der Waals surface area contributed by atoms with Crippen LogP contribution in [0.1, 0.15) is 39.5 Å². The standard InChI is InChI=1S/C11H21N/c1-11(2)8-12-7-10(11)9-5-3-4-6-9/h9-10,12H,3-8H2,1-2H3. The fraction of sp³-hybridized carbons (Fsp3) is 1.00. The van der Waals surface area contributed by atoms with Crippen LogP contribution in [0.4, 0.5) is 0 Å². The SMILES string of the molecule is CC1(C)CNCC1C1CCCC1. The molecule has 0 aromatic carbocycles. The summed E-state index contributed by atoms with van der Waals surface area (Å²) in [5, 5.41) is 3.54. The minimum atomic E-state index is 0.564. The first-order valence-electron chi connectivity index (χ1n) is 5.41. The molecule has 1 N–H and O–H groups in total. The second-order valence-electron chi connectivity index (χ2n) is 5.27. The average Bonchev–Trinajstić information content (AvgIpc) is 2.55. The van der Waals surface area contributed by atoms with Crippen molar-refractivity contribution in [1.82, 2.24) is 5.32 Å². The van der Waals surface area contributed by atoms with E-state index in [1.165, 1.54) is 38.8 Å². The lowest BCUT2D eigenvalue weighted by Crippen LogP contribution is -2.27. The van der Waals surface area contributed by atoms with E-state index in [0.29, 0.717) is 5.41 Å². The van der Waals surface area contributed by atoms with Crippen LogP contribution in [0, 0.1) is 17.3 Å². The molecule has 0 radical (unpaired) electrons. The Morgan fingerprint density at radius 3 is 2.33 bits per heavy atom. The Labute approximate surface area is 75.9 Å². The van der Waals surface area contributed by atoms with Gasteiger partial charge in [0.05, 0.1) is 0 Å². The fourth-order valence-corrected chi connectivity index (χ4v) is 3.12. The van der Waals surface area contributed by atoms with E-state index in [-0.39, 0.29) is 0 Å². The van der Waals surface area contributed by atoms with Crippen LogP contribution >= 0.6 is 0 Å². The van der Waals surface area contributed by atoms with Gasteiger partial charge in [-0.1, -0.05) is 39.5 Å². The third-order valence-corrected chi connectivity index (χ3v) is 3.92. The first-order valence-corrected chi connectivity index (χ1v) is 5.41. The topological polar surface area (TPSA) is 12.0 Å². The highest BCUT2D eigenvalue weighted by molar-refractivity contribution is 4.93. The predicted molar refractivity (Wildman–Crippen MR) is 52.1 cm³/mol. The van der Waals surface area contributed by atoms with Gasteiger partial charge in [-0.3, -0.25) is 0 Å². The van der Waals surface area contributed by atoms with Gasteiger partial charge in [-0.25, -0.2) is 0 Å². The molecule has 0 aromatic rings. The van der Waals surface area contributed by atoms with Crippen LogP contribution in [0.15, 0.2) is 0 Å². The fourth-order valence-electron chi connectivity index (χ4n) is 3.12. The molecule has 1 atom stereocenters. The highest BCUT2D eigenvalue weighted by Crippen LogP contribution is 2.42. The Morgan fingerprint density at radius 1 is 1.17 bits per heavy atom. The lowest BCUT2D eigenvalue weighted by molar-refractivity contribution is 0.202. The molecule has 1 heterocycles. The van der Waals surface area contributed by atoms with Crippen molar-refractivity contribution in [3.63, 3.8) is 0 Å². The largest absolute Gasteiger partial charge is 0.316 e. The molecule has 1 nitrogen and oxygen atoms in total. The zero-order valence-electron chi connectivity index (χ0n) is 8.40. The summed E-state index contributed by atoms with van der Waals surface area (Å²) in [6.07, 6.45) is 5.96. The molecule has 1 heteroatoms. The normalized spacial score (nSPS) is 36.0. The molecule has 1 aliphatic heterocycles. The number of nitrogens with one attached hydrogen (secondary N) is 1. The molecular weight excluding hydrogens is 146 g/mol. The molecule has 2 rings (SSSR count). The summed E-state index contributed by atoms with van der Waals surface area (Å²) in [6.45, 7) is 7.36. The van der Waals surface area contributed by atoms with E-state index in [1.54, 1.807) is 0 Å². The highest BCUT2D eigenvalue weighted by Gasteiger charge is 2.39. The van der Waals surface area contributed by atoms with Crippen molar-refractivity contribution in [2.75, 3.05) is 13.1 Å². The zero-order chi connectivity index (χ0) is 8.60. The molecule has 1 aliphatic carbocycles. The summed E-state index contributed by atoms with van der Waals surface area (Å²) in [4.78, 5) is 0. The van der Waals surface area contributed by atoms with Gasteiger partial charge < -0.3 is 5.32 Å². The lowest BCUT2D eigenvalue weighted by atomic mass is 9.74. The minimum Gasteiger partial charge on any atom is -0.316 e. The molecule has 0 spiro atoms. The van der Waals surface area contributed by atoms with Gasteiger partial charge in [0.25, 0.3) is 0 Å². The number of hydrogen-bond donors (Lipinski definition) is 1. The molecule has 1 saturated carbocycles. The van der Waals surface area contributed by atoms with Gasteiger partial charge in [0.15, 0.2) is 0 Å². The molecule has 12 heavy (non-hydrogen) atoms. The first-order chi connectivity index (χ1) is 5.70. The second kappa shape index (κ2) is 3.02.